The molecule has 9 nitrogen and oxygen atoms in total. The molecule has 6 rings (SSSR count). The van der Waals surface area contributed by atoms with Crippen LogP contribution in [0.4, 0.5) is 4.39 Å². The lowest BCUT2D eigenvalue weighted by Crippen LogP contribution is -2.21. The molecule has 30 heavy (non-hydrogen) atoms. The van der Waals surface area contributed by atoms with Crippen molar-refractivity contribution < 1.29 is 9.13 Å². The van der Waals surface area contributed by atoms with Crippen LogP contribution >= 0.6 is 0 Å². The molecule has 150 valence electrons. The predicted octanol–water partition coefficient (Wildman–Crippen LogP) is 3.05. The van der Waals surface area contributed by atoms with Gasteiger partial charge in [0.1, 0.15) is 17.7 Å². The van der Waals surface area contributed by atoms with Gasteiger partial charge in [0.2, 0.25) is 5.95 Å². The van der Waals surface area contributed by atoms with E-state index >= 15 is 0 Å². The summed E-state index contributed by atoms with van der Waals surface area (Å²) in [5, 5.41) is 0. The Balaban J connectivity index is 1.57. The van der Waals surface area contributed by atoms with Gasteiger partial charge in [-0.15, -0.1) is 0 Å². The lowest BCUT2D eigenvalue weighted by Gasteiger charge is -2.25. The van der Waals surface area contributed by atoms with Crippen LogP contribution in [0.2, 0.25) is 0 Å². The van der Waals surface area contributed by atoms with E-state index in [1.165, 1.54) is 12.1 Å². The summed E-state index contributed by atoms with van der Waals surface area (Å²) in [7, 11) is 0. The fourth-order valence-corrected chi connectivity index (χ4v) is 3.98. The van der Waals surface area contributed by atoms with Gasteiger partial charge in [-0.1, -0.05) is 0 Å². The molecule has 0 amide bonds. The number of aromatic nitrogens is 8. The second-order valence-corrected chi connectivity index (χ2v) is 7.21. The molecule has 1 aliphatic heterocycles. The van der Waals surface area contributed by atoms with E-state index in [0.717, 1.165) is 18.7 Å². The number of hydrogen-bond donors (Lipinski definition) is 1. The molecule has 1 aliphatic rings. The number of nitrogens with one attached hydrogen (secondary N) is 1. The summed E-state index contributed by atoms with van der Waals surface area (Å²) < 4.78 is 23.2. The zero-order valence-corrected chi connectivity index (χ0v) is 15.9. The lowest BCUT2D eigenvalue weighted by molar-refractivity contribution is 0.0708. The second-order valence-electron chi connectivity index (χ2n) is 7.21. The normalized spacial score (nSPS) is 15.4. The Bertz CT molecular complexity index is 1350. The summed E-state index contributed by atoms with van der Waals surface area (Å²) in [4.78, 5) is 25.9. The third kappa shape index (κ3) is 2.68. The third-order valence-electron chi connectivity index (χ3n) is 5.41. The van der Waals surface area contributed by atoms with E-state index in [2.05, 4.69) is 24.5 Å². The van der Waals surface area contributed by atoms with Crippen LogP contribution in [0.1, 0.15) is 18.9 Å². The van der Waals surface area contributed by atoms with Crippen LogP contribution in [-0.2, 0) is 4.74 Å². The van der Waals surface area contributed by atoms with Gasteiger partial charge in [0.25, 0.3) is 0 Å². The number of imidazole rings is 3. The van der Waals surface area contributed by atoms with E-state index in [9.17, 15) is 4.39 Å². The highest BCUT2D eigenvalue weighted by Crippen LogP contribution is 2.31. The summed E-state index contributed by atoms with van der Waals surface area (Å²) >= 11 is 0. The Morgan fingerprint density at radius 3 is 2.80 bits per heavy atom. The number of fused-ring (bicyclic) bond motifs is 2. The molecule has 0 unspecified atom stereocenters. The molecule has 5 heterocycles. The Kier molecular flexibility index (Phi) is 3.85. The average Bonchev–Trinajstić information content (AvgIpc) is 3.51. The van der Waals surface area contributed by atoms with Crippen LogP contribution in [0, 0.1) is 5.82 Å². The summed E-state index contributed by atoms with van der Waals surface area (Å²) in [6.07, 6.45) is 8.48. The predicted molar refractivity (Wildman–Crippen MR) is 107 cm³/mol. The van der Waals surface area contributed by atoms with Crippen molar-refractivity contribution in [2.75, 3.05) is 13.2 Å². The van der Waals surface area contributed by atoms with Gasteiger partial charge in [0.05, 0.1) is 17.2 Å². The van der Waals surface area contributed by atoms with Gasteiger partial charge in [-0.25, -0.2) is 24.3 Å². The van der Waals surface area contributed by atoms with Gasteiger partial charge in [0, 0.05) is 37.7 Å². The van der Waals surface area contributed by atoms with E-state index in [4.69, 9.17) is 14.7 Å². The van der Waals surface area contributed by atoms with Crippen molar-refractivity contribution in [1.29, 1.82) is 0 Å². The number of nitrogens with zero attached hydrogens (tertiary/aromatic N) is 7. The van der Waals surface area contributed by atoms with E-state index in [1.54, 1.807) is 35.6 Å². The standard InChI is InChI=1S/C20H17FN8O/c21-12-1-2-14-16(9-12)28(11-25-14)20-24-10-15-18(27-20)29(13-3-7-30-8-4-13)19(26-15)17-22-5-6-23-17/h1-2,5-6,9-11,13H,3-4,7-8H2,(H,22,23). The molecule has 4 aromatic heterocycles. The fourth-order valence-electron chi connectivity index (χ4n) is 3.98. The first-order chi connectivity index (χ1) is 14.8. The van der Waals surface area contributed by atoms with Crippen LogP contribution in [0.3, 0.4) is 0 Å². The topological polar surface area (TPSA) is 99.3 Å². The monoisotopic (exact) mass is 404 g/mol. The number of hydrogen-bond acceptors (Lipinski definition) is 6. The van der Waals surface area contributed by atoms with Gasteiger partial charge in [-0.05, 0) is 25.0 Å². The Hall–Kier alpha value is -3.66. The maximum Gasteiger partial charge on any atom is 0.237 e. The molecule has 0 saturated carbocycles. The lowest BCUT2D eigenvalue weighted by atomic mass is 10.1. The summed E-state index contributed by atoms with van der Waals surface area (Å²) in [5.74, 6) is 1.47. The van der Waals surface area contributed by atoms with Crippen molar-refractivity contribution in [2.24, 2.45) is 0 Å². The highest BCUT2D eigenvalue weighted by Gasteiger charge is 2.25. The smallest absolute Gasteiger partial charge is 0.237 e. The average molecular weight is 404 g/mol. The molecule has 1 N–H and O–H groups in total. The number of ether oxygens (including phenoxy) is 1. The fraction of sp³-hybridized carbons (Fsp3) is 0.250. The number of rotatable bonds is 3. The second kappa shape index (κ2) is 6.70. The molecular formula is C20H17FN8O. The molecule has 0 spiro atoms. The van der Waals surface area contributed by atoms with Crippen molar-refractivity contribution >= 4 is 22.2 Å². The SMILES string of the molecule is Fc1ccc2ncn(-c3ncc4nc(-c5ncc[nH]5)n(C5CCOCC5)c4n3)c2c1. The van der Waals surface area contributed by atoms with Crippen LogP contribution in [0.25, 0.3) is 39.8 Å². The number of H-pyrrole nitrogens is 1. The molecule has 1 saturated heterocycles. The van der Waals surface area contributed by atoms with Gasteiger partial charge in [-0.3, -0.25) is 4.57 Å². The van der Waals surface area contributed by atoms with Gasteiger partial charge in [-0.2, -0.15) is 4.98 Å². The van der Waals surface area contributed by atoms with E-state index < -0.39 is 0 Å². The van der Waals surface area contributed by atoms with Crippen molar-refractivity contribution in [2.45, 2.75) is 18.9 Å². The number of aromatic amines is 1. The Morgan fingerprint density at radius 1 is 1.07 bits per heavy atom. The van der Waals surface area contributed by atoms with Gasteiger partial charge in [0.15, 0.2) is 17.3 Å². The van der Waals surface area contributed by atoms with Crippen LogP contribution in [-0.4, -0.2) is 52.3 Å². The van der Waals surface area contributed by atoms with Crippen molar-refractivity contribution in [3.63, 3.8) is 0 Å². The van der Waals surface area contributed by atoms with E-state index in [1.807, 2.05) is 0 Å². The minimum atomic E-state index is -0.335. The first-order valence-electron chi connectivity index (χ1n) is 9.73. The van der Waals surface area contributed by atoms with E-state index in [-0.39, 0.29) is 11.9 Å². The zero-order valence-electron chi connectivity index (χ0n) is 15.9. The maximum absolute atomic E-state index is 13.8. The van der Waals surface area contributed by atoms with Crippen molar-refractivity contribution in [3.8, 4) is 17.6 Å². The van der Waals surface area contributed by atoms with Crippen molar-refractivity contribution in [3.05, 3.63) is 48.9 Å². The summed E-state index contributed by atoms with van der Waals surface area (Å²) in [6, 6.07) is 4.64. The molecule has 0 bridgehead atoms. The Morgan fingerprint density at radius 2 is 1.97 bits per heavy atom. The minimum absolute atomic E-state index is 0.184. The third-order valence-corrected chi connectivity index (χ3v) is 5.41. The first-order valence-corrected chi connectivity index (χ1v) is 9.73. The molecule has 5 aromatic rings. The first kappa shape index (κ1) is 17.2. The largest absolute Gasteiger partial charge is 0.381 e. The van der Waals surface area contributed by atoms with Gasteiger partial charge >= 0.3 is 0 Å². The molecular weight excluding hydrogens is 387 g/mol. The Labute approximate surface area is 169 Å². The summed E-state index contributed by atoms with van der Waals surface area (Å²) in [6.45, 7) is 1.37. The molecule has 10 heteroatoms. The molecule has 0 radical (unpaired) electrons. The number of halogens is 1. The van der Waals surface area contributed by atoms with Crippen LogP contribution in [0.5, 0.6) is 0 Å². The molecule has 1 fully saturated rings. The molecule has 0 atom stereocenters. The molecule has 1 aromatic carbocycles. The van der Waals surface area contributed by atoms with Crippen molar-refractivity contribution in [1.82, 2.24) is 39.0 Å². The zero-order chi connectivity index (χ0) is 20.1. The van der Waals surface area contributed by atoms with E-state index in [0.29, 0.717) is 47.2 Å². The van der Waals surface area contributed by atoms with Gasteiger partial charge < -0.3 is 14.3 Å². The summed E-state index contributed by atoms with van der Waals surface area (Å²) in [5.41, 5.74) is 2.66. The van der Waals surface area contributed by atoms with Crippen LogP contribution in [0.15, 0.2) is 43.1 Å². The van der Waals surface area contributed by atoms with Crippen LogP contribution < -0.4 is 0 Å². The quantitative estimate of drug-likeness (QED) is 0.496. The highest BCUT2D eigenvalue weighted by atomic mass is 19.1. The minimum Gasteiger partial charge on any atom is -0.381 e. The number of benzene rings is 1. The molecule has 0 aliphatic carbocycles. The highest BCUT2D eigenvalue weighted by molar-refractivity contribution is 5.78. The maximum atomic E-state index is 13.8.